The molecule has 2 amide bonds. The minimum atomic E-state index is -0.478. The second-order valence-electron chi connectivity index (χ2n) is 10.2. The van der Waals surface area contributed by atoms with Crippen molar-refractivity contribution in [1.29, 1.82) is 0 Å². The molecule has 39 heavy (non-hydrogen) atoms. The van der Waals surface area contributed by atoms with Crippen LogP contribution in [0.3, 0.4) is 0 Å². The van der Waals surface area contributed by atoms with E-state index in [1.807, 2.05) is 25.2 Å². The van der Waals surface area contributed by atoms with Gasteiger partial charge in [0, 0.05) is 33.1 Å². The number of carbonyl (C=O) groups excluding carboxylic acids is 3. The molecule has 1 saturated heterocycles. The van der Waals surface area contributed by atoms with E-state index in [1.165, 1.54) is 22.8 Å². The lowest BCUT2D eigenvalue weighted by atomic mass is 9.99. The number of halogens is 1. The SMILES string of the molecule is CC/C=C/C(C=C/C=C(\C)F)CN(CO)CCC(=C1/NC(C2CC2)N(CC(=O)N(C)C)C1=O)/C(C)=C(/O)C=O. The third-order valence-corrected chi connectivity index (χ3v) is 6.88. The minimum Gasteiger partial charge on any atom is -0.504 e. The molecule has 0 aromatic carbocycles. The van der Waals surface area contributed by atoms with Crippen LogP contribution in [-0.2, 0) is 14.4 Å². The van der Waals surface area contributed by atoms with Gasteiger partial charge in [-0.05, 0) is 62.7 Å². The van der Waals surface area contributed by atoms with E-state index in [2.05, 4.69) is 5.32 Å². The highest BCUT2D eigenvalue weighted by Gasteiger charge is 2.45. The normalized spacial score (nSPS) is 21.0. The Bertz CT molecular complexity index is 1040. The van der Waals surface area contributed by atoms with Crippen LogP contribution in [0.1, 0.15) is 46.5 Å². The zero-order valence-electron chi connectivity index (χ0n) is 23.7. The molecular formula is C29H43FN4O5. The summed E-state index contributed by atoms with van der Waals surface area (Å²) in [5, 5.41) is 23.6. The largest absolute Gasteiger partial charge is 0.504 e. The van der Waals surface area contributed by atoms with E-state index in [-0.39, 0.29) is 66.6 Å². The summed E-state index contributed by atoms with van der Waals surface area (Å²) in [6.07, 6.45) is 11.8. The van der Waals surface area contributed by atoms with Crippen LogP contribution >= 0.6 is 0 Å². The van der Waals surface area contributed by atoms with E-state index in [1.54, 1.807) is 32.0 Å². The van der Waals surface area contributed by atoms with Gasteiger partial charge in [0.25, 0.3) is 5.91 Å². The van der Waals surface area contributed by atoms with E-state index < -0.39 is 5.76 Å². The average Bonchev–Trinajstić information content (AvgIpc) is 3.70. The Balaban J connectivity index is 2.35. The van der Waals surface area contributed by atoms with Crippen molar-refractivity contribution >= 4 is 18.1 Å². The maximum Gasteiger partial charge on any atom is 0.272 e. The fourth-order valence-electron chi connectivity index (χ4n) is 4.37. The summed E-state index contributed by atoms with van der Waals surface area (Å²) in [4.78, 5) is 42.2. The monoisotopic (exact) mass is 546 g/mol. The number of hydrogen-bond acceptors (Lipinski definition) is 7. The number of nitrogens with one attached hydrogen (secondary N) is 1. The van der Waals surface area contributed by atoms with Gasteiger partial charge < -0.3 is 25.3 Å². The number of allylic oxidation sites excluding steroid dienone is 6. The van der Waals surface area contributed by atoms with Crippen LogP contribution in [-0.4, -0.2) is 89.6 Å². The number of carbonyl (C=O) groups is 3. The van der Waals surface area contributed by atoms with Crippen LogP contribution in [0, 0.1) is 11.8 Å². The van der Waals surface area contributed by atoms with Gasteiger partial charge in [-0.2, -0.15) is 0 Å². The molecule has 0 radical (unpaired) electrons. The first-order chi connectivity index (χ1) is 18.5. The minimum absolute atomic E-state index is 0.0768. The second-order valence-corrected chi connectivity index (χ2v) is 10.2. The molecule has 1 aliphatic heterocycles. The van der Waals surface area contributed by atoms with Crippen LogP contribution < -0.4 is 5.32 Å². The first kappa shape index (κ1) is 32.0. The number of aliphatic hydroxyl groups excluding tert-OH is 2. The number of nitrogens with zero attached hydrogens (tertiary/aromatic N) is 3. The van der Waals surface area contributed by atoms with Gasteiger partial charge in [0.05, 0.1) is 12.6 Å². The van der Waals surface area contributed by atoms with E-state index in [4.69, 9.17) is 0 Å². The molecule has 10 heteroatoms. The Hall–Kier alpha value is -3.24. The predicted molar refractivity (Wildman–Crippen MR) is 149 cm³/mol. The molecule has 3 N–H and O–H groups in total. The van der Waals surface area contributed by atoms with Crippen molar-refractivity contribution in [2.75, 3.05) is 40.5 Å². The van der Waals surface area contributed by atoms with E-state index in [0.717, 1.165) is 19.3 Å². The third kappa shape index (κ3) is 9.47. The van der Waals surface area contributed by atoms with Crippen LogP contribution in [0.2, 0.25) is 0 Å². The number of aldehydes is 1. The molecule has 1 aliphatic carbocycles. The van der Waals surface area contributed by atoms with Crippen LogP contribution in [0.4, 0.5) is 4.39 Å². The number of amides is 2. The molecule has 2 unspecified atom stereocenters. The Labute approximate surface area is 231 Å². The molecule has 0 bridgehead atoms. The van der Waals surface area contributed by atoms with E-state index in [9.17, 15) is 29.0 Å². The standard InChI is InChI=1S/C29H43FN4O5/c1-6-7-10-22(11-8-9-20(2)30)16-33(19-36)15-14-24(21(3)25(37)18-35)27-29(39)34(17-26(38)32(4)5)28(31-27)23-12-13-23/h7-11,18,22-23,28,31,36-37H,6,12-17,19H2,1-5H3/b10-7+,11-8?,20-9+,25-21+,27-24-. The molecule has 9 nitrogen and oxygen atoms in total. The number of rotatable bonds is 15. The van der Waals surface area contributed by atoms with Crippen molar-refractivity contribution in [3.05, 3.63) is 58.8 Å². The van der Waals surface area contributed by atoms with Gasteiger partial charge in [-0.15, -0.1) is 0 Å². The van der Waals surface area contributed by atoms with Crippen LogP contribution in [0.25, 0.3) is 0 Å². The van der Waals surface area contributed by atoms with E-state index in [0.29, 0.717) is 24.9 Å². The maximum absolute atomic E-state index is 13.6. The zero-order chi connectivity index (χ0) is 29.1. The Kier molecular flexibility index (Phi) is 12.6. The van der Waals surface area contributed by atoms with Crippen molar-refractivity contribution in [2.45, 2.75) is 52.6 Å². The van der Waals surface area contributed by atoms with Crippen LogP contribution in [0.15, 0.2) is 58.8 Å². The summed E-state index contributed by atoms with van der Waals surface area (Å²) in [5.74, 6) is -1.22. The lowest BCUT2D eigenvalue weighted by molar-refractivity contribution is -0.137. The number of likely N-dealkylation sites (N-methyl/N-ethyl adjacent to an activating group) is 1. The smallest absolute Gasteiger partial charge is 0.272 e. The van der Waals surface area contributed by atoms with Crippen molar-refractivity contribution in [3.8, 4) is 0 Å². The maximum atomic E-state index is 13.6. The number of hydrogen-bond donors (Lipinski definition) is 3. The lowest BCUT2D eigenvalue weighted by Gasteiger charge is -2.24. The fraction of sp³-hybridized carbons (Fsp3) is 0.552. The van der Waals surface area contributed by atoms with Gasteiger partial charge in [0.2, 0.25) is 5.91 Å². The van der Waals surface area contributed by atoms with Crippen LogP contribution in [0.5, 0.6) is 0 Å². The molecule has 2 atom stereocenters. The molecular weight excluding hydrogens is 503 g/mol. The number of aliphatic hydroxyl groups is 2. The molecule has 0 aromatic rings. The van der Waals surface area contributed by atoms with E-state index >= 15 is 0 Å². The van der Waals surface area contributed by atoms with Crippen molar-refractivity contribution in [1.82, 2.24) is 20.0 Å². The van der Waals surface area contributed by atoms with Gasteiger partial charge in [0.15, 0.2) is 12.0 Å². The zero-order valence-corrected chi connectivity index (χ0v) is 23.7. The molecule has 0 aromatic heterocycles. The van der Waals surface area contributed by atoms with Crippen molar-refractivity contribution < 1.29 is 29.0 Å². The van der Waals surface area contributed by atoms with Gasteiger partial charge in [-0.25, -0.2) is 4.39 Å². The first-order valence-electron chi connectivity index (χ1n) is 13.4. The molecule has 0 spiro atoms. The molecule has 216 valence electrons. The Morgan fingerprint density at radius 2 is 1.95 bits per heavy atom. The predicted octanol–water partition coefficient (Wildman–Crippen LogP) is 3.18. The molecule has 2 rings (SSSR count). The second kappa shape index (κ2) is 15.4. The average molecular weight is 547 g/mol. The highest BCUT2D eigenvalue weighted by Crippen LogP contribution is 2.38. The summed E-state index contributed by atoms with van der Waals surface area (Å²) >= 11 is 0. The van der Waals surface area contributed by atoms with Gasteiger partial charge in [-0.3, -0.25) is 19.3 Å². The highest BCUT2D eigenvalue weighted by atomic mass is 19.1. The van der Waals surface area contributed by atoms with Crippen molar-refractivity contribution in [2.24, 2.45) is 11.8 Å². The van der Waals surface area contributed by atoms with Gasteiger partial charge in [0.1, 0.15) is 18.4 Å². The summed E-state index contributed by atoms with van der Waals surface area (Å²) in [6, 6.07) is 0. The molecule has 2 aliphatic rings. The molecule has 1 saturated carbocycles. The molecule has 2 fully saturated rings. The summed E-state index contributed by atoms with van der Waals surface area (Å²) in [7, 11) is 3.27. The summed E-state index contributed by atoms with van der Waals surface area (Å²) in [6.45, 7) is 5.37. The van der Waals surface area contributed by atoms with Gasteiger partial charge >= 0.3 is 0 Å². The highest BCUT2D eigenvalue weighted by molar-refractivity contribution is 5.99. The first-order valence-corrected chi connectivity index (χ1v) is 13.4. The fourth-order valence-corrected chi connectivity index (χ4v) is 4.37. The lowest BCUT2D eigenvalue weighted by Crippen LogP contribution is -2.44. The molecule has 1 heterocycles. The summed E-state index contributed by atoms with van der Waals surface area (Å²) in [5.41, 5.74) is 0.980. The Morgan fingerprint density at radius 1 is 1.26 bits per heavy atom. The third-order valence-electron chi connectivity index (χ3n) is 6.88. The quantitative estimate of drug-likeness (QED) is 0.0722. The van der Waals surface area contributed by atoms with Crippen molar-refractivity contribution in [3.63, 3.8) is 0 Å². The topological polar surface area (TPSA) is 113 Å². The van der Waals surface area contributed by atoms with Gasteiger partial charge in [-0.1, -0.05) is 31.2 Å². The Morgan fingerprint density at radius 3 is 2.49 bits per heavy atom. The summed E-state index contributed by atoms with van der Waals surface area (Å²) < 4.78 is 13.1.